The molecule has 6 heteroatoms. The highest BCUT2D eigenvalue weighted by molar-refractivity contribution is 5.82. The largest absolute Gasteiger partial charge is 0.355 e. The van der Waals surface area contributed by atoms with E-state index in [1.54, 1.807) is 7.05 Å². The van der Waals surface area contributed by atoms with Crippen molar-refractivity contribution in [1.82, 2.24) is 20.9 Å². The minimum atomic E-state index is -0.357. The second kappa shape index (κ2) is 10.5. The van der Waals surface area contributed by atoms with Crippen LogP contribution in [-0.4, -0.2) is 55.5 Å². The molecule has 2 rings (SSSR count). The molecule has 28 heavy (non-hydrogen) atoms. The molecule has 1 aliphatic rings. The van der Waals surface area contributed by atoms with Gasteiger partial charge in [-0.05, 0) is 25.3 Å². The van der Waals surface area contributed by atoms with Crippen LogP contribution < -0.4 is 16.0 Å². The molecule has 0 radical (unpaired) electrons. The van der Waals surface area contributed by atoms with Gasteiger partial charge < -0.3 is 16.0 Å². The molecular formula is C22H37N5O. The summed E-state index contributed by atoms with van der Waals surface area (Å²) >= 11 is 0. The Morgan fingerprint density at radius 2 is 1.86 bits per heavy atom. The standard InChI is InChI=1S/C22H37N5O/c1-17-15-19(11-14-27(17)16-18-9-7-6-8-10-18)26-21(23-5)25-13-12-24-20(28)22(2,3)4/h6-10,17,19H,11-16H2,1-5H3,(H,24,28)(H2,23,25,26). The number of likely N-dealkylation sites (tertiary alicyclic amines) is 1. The maximum Gasteiger partial charge on any atom is 0.225 e. The third-order valence-electron chi connectivity index (χ3n) is 5.19. The number of aliphatic imine (C=N–C) groups is 1. The average molecular weight is 388 g/mol. The van der Waals surface area contributed by atoms with E-state index in [4.69, 9.17) is 0 Å². The van der Waals surface area contributed by atoms with Crippen LogP contribution in [0.4, 0.5) is 0 Å². The molecule has 1 aromatic rings. The Hall–Kier alpha value is -2.08. The van der Waals surface area contributed by atoms with Crippen molar-refractivity contribution in [2.45, 2.75) is 59.2 Å². The van der Waals surface area contributed by atoms with E-state index in [-0.39, 0.29) is 11.3 Å². The van der Waals surface area contributed by atoms with Crippen LogP contribution >= 0.6 is 0 Å². The summed E-state index contributed by atoms with van der Waals surface area (Å²) in [4.78, 5) is 18.8. The van der Waals surface area contributed by atoms with Gasteiger partial charge in [0.1, 0.15) is 0 Å². The number of carbonyl (C=O) groups is 1. The Kier molecular flexibility index (Phi) is 8.30. The quantitative estimate of drug-likeness (QED) is 0.398. The fraction of sp³-hybridized carbons (Fsp3) is 0.636. The van der Waals surface area contributed by atoms with Crippen molar-refractivity contribution in [3.63, 3.8) is 0 Å². The Balaban J connectivity index is 1.72. The van der Waals surface area contributed by atoms with Gasteiger partial charge in [0.15, 0.2) is 5.96 Å². The number of rotatable bonds is 6. The van der Waals surface area contributed by atoms with Crippen LogP contribution in [0.3, 0.4) is 0 Å². The number of amides is 1. The number of carbonyl (C=O) groups excluding carboxylic acids is 1. The third kappa shape index (κ3) is 7.15. The van der Waals surface area contributed by atoms with Crippen LogP contribution in [0.15, 0.2) is 35.3 Å². The van der Waals surface area contributed by atoms with Crippen molar-refractivity contribution in [1.29, 1.82) is 0 Å². The van der Waals surface area contributed by atoms with E-state index in [1.165, 1.54) is 5.56 Å². The lowest BCUT2D eigenvalue weighted by Crippen LogP contribution is -2.52. The summed E-state index contributed by atoms with van der Waals surface area (Å²) in [6.07, 6.45) is 2.19. The van der Waals surface area contributed by atoms with Crippen molar-refractivity contribution in [2.24, 2.45) is 10.4 Å². The Morgan fingerprint density at radius 1 is 1.18 bits per heavy atom. The number of hydrogen-bond acceptors (Lipinski definition) is 3. The predicted octanol–water partition coefficient (Wildman–Crippen LogP) is 2.37. The van der Waals surface area contributed by atoms with Crippen LogP contribution in [0.25, 0.3) is 0 Å². The first-order chi connectivity index (χ1) is 13.3. The highest BCUT2D eigenvalue weighted by atomic mass is 16.2. The molecule has 156 valence electrons. The van der Waals surface area contributed by atoms with Crippen molar-refractivity contribution >= 4 is 11.9 Å². The number of benzene rings is 1. The lowest BCUT2D eigenvalue weighted by molar-refractivity contribution is -0.128. The van der Waals surface area contributed by atoms with Crippen molar-refractivity contribution in [3.05, 3.63) is 35.9 Å². The van der Waals surface area contributed by atoms with Crippen LogP contribution in [0.1, 0.15) is 46.1 Å². The van der Waals surface area contributed by atoms with E-state index in [9.17, 15) is 4.79 Å². The second-order valence-electron chi connectivity index (χ2n) is 8.68. The Labute approximate surface area is 170 Å². The van der Waals surface area contributed by atoms with Crippen molar-refractivity contribution in [3.8, 4) is 0 Å². The molecule has 1 aliphatic heterocycles. The first-order valence-electron chi connectivity index (χ1n) is 10.3. The van der Waals surface area contributed by atoms with E-state index in [0.29, 0.717) is 25.2 Å². The molecule has 2 atom stereocenters. The topological polar surface area (TPSA) is 68.8 Å². The first kappa shape index (κ1) is 22.2. The molecule has 0 spiro atoms. The van der Waals surface area contributed by atoms with Gasteiger partial charge >= 0.3 is 0 Å². The Bertz CT molecular complexity index is 638. The zero-order valence-electron chi connectivity index (χ0n) is 18.1. The maximum absolute atomic E-state index is 11.9. The Morgan fingerprint density at radius 3 is 2.46 bits per heavy atom. The third-order valence-corrected chi connectivity index (χ3v) is 5.19. The summed E-state index contributed by atoms with van der Waals surface area (Å²) in [5.41, 5.74) is 1.01. The SMILES string of the molecule is CN=C(NCCNC(=O)C(C)(C)C)NC1CCN(Cc2ccccc2)C(C)C1. The number of guanidine groups is 1. The molecule has 3 N–H and O–H groups in total. The minimum absolute atomic E-state index is 0.0665. The van der Waals surface area contributed by atoms with Gasteiger partial charge in [-0.2, -0.15) is 0 Å². The van der Waals surface area contributed by atoms with Gasteiger partial charge in [-0.25, -0.2) is 0 Å². The van der Waals surface area contributed by atoms with E-state index in [2.05, 4.69) is 63.1 Å². The summed E-state index contributed by atoms with van der Waals surface area (Å²) in [7, 11) is 1.79. The summed E-state index contributed by atoms with van der Waals surface area (Å²) < 4.78 is 0. The van der Waals surface area contributed by atoms with E-state index >= 15 is 0 Å². The highest BCUT2D eigenvalue weighted by Crippen LogP contribution is 2.19. The zero-order chi connectivity index (χ0) is 20.6. The fourth-order valence-corrected chi connectivity index (χ4v) is 3.41. The second-order valence-corrected chi connectivity index (χ2v) is 8.68. The van der Waals surface area contributed by atoms with Crippen LogP contribution in [0.2, 0.25) is 0 Å². The molecule has 0 saturated carbocycles. The molecule has 0 aliphatic carbocycles. The van der Waals surface area contributed by atoms with Crippen molar-refractivity contribution < 1.29 is 4.79 Å². The lowest BCUT2D eigenvalue weighted by Gasteiger charge is -2.38. The van der Waals surface area contributed by atoms with E-state index in [1.807, 2.05) is 20.8 Å². The molecule has 1 fully saturated rings. The molecule has 0 bridgehead atoms. The molecule has 2 unspecified atom stereocenters. The van der Waals surface area contributed by atoms with Crippen LogP contribution in [0.5, 0.6) is 0 Å². The van der Waals surface area contributed by atoms with Gasteiger partial charge in [-0.1, -0.05) is 51.1 Å². The van der Waals surface area contributed by atoms with Gasteiger partial charge in [0, 0.05) is 50.7 Å². The maximum atomic E-state index is 11.9. The monoisotopic (exact) mass is 387 g/mol. The van der Waals surface area contributed by atoms with E-state index in [0.717, 1.165) is 31.9 Å². The molecule has 6 nitrogen and oxygen atoms in total. The van der Waals surface area contributed by atoms with Gasteiger partial charge in [0.2, 0.25) is 5.91 Å². The molecule has 1 heterocycles. The minimum Gasteiger partial charge on any atom is -0.355 e. The van der Waals surface area contributed by atoms with Crippen LogP contribution in [-0.2, 0) is 11.3 Å². The number of hydrogen-bond donors (Lipinski definition) is 3. The fourth-order valence-electron chi connectivity index (χ4n) is 3.41. The zero-order valence-corrected chi connectivity index (χ0v) is 18.1. The van der Waals surface area contributed by atoms with E-state index < -0.39 is 0 Å². The number of nitrogens with one attached hydrogen (secondary N) is 3. The number of nitrogens with zero attached hydrogens (tertiary/aromatic N) is 2. The molecule has 0 aromatic heterocycles. The number of piperidine rings is 1. The molecule has 1 saturated heterocycles. The van der Waals surface area contributed by atoms with Gasteiger partial charge in [-0.15, -0.1) is 0 Å². The highest BCUT2D eigenvalue weighted by Gasteiger charge is 2.26. The van der Waals surface area contributed by atoms with Crippen molar-refractivity contribution in [2.75, 3.05) is 26.7 Å². The summed E-state index contributed by atoms with van der Waals surface area (Å²) in [6.45, 7) is 11.4. The predicted molar refractivity (Wildman–Crippen MR) is 116 cm³/mol. The van der Waals surface area contributed by atoms with Gasteiger partial charge in [0.05, 0.1) is 0 Å². The molecular weight excluding hydrogens is 350 g/mol. The first-order valence-corrected chi connectivity index (χ1v) is 10.3. The van der Waals surface area contributed by atoms with Gasteiger partial charge in [0.25, 0.3) is 0 Å². The summed E-state index contributed by atoms with van der Waals surface area (Å²) in [6, 6.07) is 11.6. The average Bonchev–Trinajstić information content (AvgIpc) is 2.66. The van der Waals surface area contributed by atoms with Gasteiger partial charge in [-0.3, -0.25) is 14.7 Å². The summed E-state index contributed by atoms with van der Waals surface area (Å²) in [5.74, 6) is 0.871. The smallest absolute Gasteiger partial charge is 0.225 e. The normalized spacial score (nSPS) is 21.2. The molecule has 1 aromatic carbocycles. The molecule has 1 amide bonds. The lowest BCUT2D eigenvalue weighted by atomic mass is 9.96. The van der Waals surface area contributed by atoms with Crippen LogP contribution in [0, 0.1) is 5.41 Å². The summed E-state index contributed by atoms with van der Waals surface area (Å²) in [5, 5.41) is 9.79.